The fourth-order valence-electron chi connectivity index (χ4n) is 2.41. The van der Waals surface area contributed by atoms with E-state index in [-0.39, 0.29) is 11.8 Å². The summed E-state index contributed by atoms with van der Waals surface area (Å²) in [6.45, 7) is 4.34. The molecule has 0 amide bonds. The maximum absolute atomic E-state index is 11.1. The highest BCUT2D eigenvalue weighted by atomic mass is 32.2. The monoisotopic (exact) mass is 284 g/mol. The maximum atomic E-state index is 11.1. The molecule has 0 bridgehead atoms. The Morgan fingerprint density at radius 1 is 1.53 bits per heavy atom. The molecule has 19 heavy (non-hydrogen) atoms. The van der Waals surface area contributed by atoms with Crippen LogP contribution in [-0.2, 0) is 10.5 Å². The van der Waals surface area contributed by atoms with Crippen LogP contribution < -0.4 is 0 Å². The summed E-state index contributed by atoms with van der Waals surface area (Å²) >= 11 is 1.78. The van der Waals surface area contributed by atoms with Gasteiger partial charge < -0.3 is 9.63 Å². The first-order chi connectivity index (χ1) is 9.08. The zero-order valence-electron chi connectivity index (χ0n) is 11.3. The number of hydrogen-bond donors (Lipinski definition) is 1. The number of aliphatic carboxylic acids is 1. The summed E-state index contributed by atoms with van der Waals surface area (Å²) in [7, 11) is 0. The molecule has 5 nitrogen and oxygen atoms in total. The zero-order chi connectivity index (χ0) is 13.8. The van der Waals surface area contributed by atoms with Crippen molar-refractivity contribution < 1.29 is 14.4 Å². The van der Waals surface area contributed by atoms with Gasteiger partial charge in [-0.3, -0.25) is 4.79 Å². The van der Waals surface area contributed by atoms with E-state index in [1.54, 1.807) is 11.8 Å². The average Bonchev–Trinajstić information content (AvgIpc) is 2.95. The second-order valence-electron chi connectivity index (χ2n) is 5.44. The first-order valence-corrected chi connectivity index (χ1v) is 7.86. The summed E-state index contributed by atoms with van der Waals surface area (Å²) in [5.74, 6) is 2.39. The number of carbonyl (C=O) groups is 1. The van der Waals surface area contributed by atoms with Crippen LogP contribution in [0.4, 0.5) is 0 Å². The van der Waals surface area contributed by atoms with E-state index in [9.17, 15) is 4.79 Å². The molecule has 2 rings (SSSR count). The number of thioether (sulfide) groups is 1. The fourth-order valence-corrected chi connectivity index (χ4v) is 3.30. The van der Waals surface area contributed by atoms with Gasteiger partial charge in [0.25, 0.3) is 0 Å². The van der Waals surface area contributed by atoms with E-state index in [1.807, 2.05) is 0 Å². The van der Waals surface area contributed by atoms with Gasteiger partial charge in [-0.2, -0.15) is 16.7 Å². The third-order valence-electron chi connectivity index (χ3n) is 3.32. The molecule has 1 aliphatic carbocycles. The molecule has 1 aliphatic rings. The van der Waals surface area contributed by atoms with Crippen LogP contribution in [0.15, 0.2) is 4.52 Å². The Balaban J connectivity index is 1.94. The van der Waals surface area contributed by atoms with E-state index in [4.69, 9.17) is 9.63 Å². The van der Waals surface area contributed by atoms with Crippen LogP contribution >= 0.6 is 11.8 Å². The lowest BCUT2D eigenvalue weighted by Gasteiger charge is -2.10. The van der Waals surface area contributed by atoms with Crippen LogP contribution in [0.5, 0.6) is 0 Å². The molecule has 0 radical (unpaired) electrons. The van der Waals surface area contributed by atoms with Crippen molar-refractivity contribution in [1.29, 1.82) is 0 Å². The lowest BCUT2D eigenvalue weighted by molar-refractivity contribution is -0.142. The van der Waals surface area contributed by atoms with Crippen molar-refractivity contribution in [3.05, 3.63) is 11.7 Å². The summed E-state index contributed by atoms with van der Waals surface area (Å²) in [5, 5.41) is 13.1. The Bertz CT molecular complexity index is 433. The van der Waals surface area contributed by atoms with Crippen LogP contribution in [0.1, 0.15) is 50.7 Å². The standard InChI is InChI=1S/C13H20N2O3S/c1-8(2)6-19-7-11-14-12(18-15-11)9-4-3-5-10(9)13(16)17/h8-10H,3-7H2,1-2H3,(H,16,17). The van der Waals surface area contributed by atoms with Gasteiger partial charge in [0.2, 0.25) is 5.89 Å². The van der Waals surface area contributed by atoms with Crippen molar-refractivity contribution in [3.8, 4) is 0 Å². The predicted octanol–water partition coefficient (Wildman–Crippen LogP) is 2.93. The van der Waals surface area contributed by atoms with Crippen LogP contribution in [0.2, 0.25) is 0 Å². The van der Waals surface area contributed by atoms with Crippen LogP contribution in [-0.4, -0.2) is 27.0 Å². The summed E-state index contributed by atoms with van der Waals surface area (Å²) in [6.07, 6.45) is 2.46. The normalized spacial score (nSPS) is 23.1. The topological polar surface area (TPSA) is 76.2 Å². The fraction of sp³-hybridized carbons (Fsp3) is 0.769. The van der Waals surface area contributed by atoms with E-state index in [0.29, 0.717) is 24.1 Å². The van der Waals surface area contributed by atoms with Gasteiger partial charge in [-0.1, -0.05) is 25.4 Å². The molecule has 0 spiro atoms. The second-order valence-corrected chi connectivity index (χ2v) is 6.47. The molecule has 2 unspecified atom stereocenters. The highest BCUT2D eigenvalue weighted by Gasteiger charge is 2.37. The van der Waals surface area contributed by atoms with Crippen molar-refractivity contribution in [3.63, 3.8) is 0 Å². The zero-order valence-corrected chi connectivity index (χ0v) is 12.2. The number of hydrogen-bond acceptors (Lipinski definition) is 5. The van der Waals surface area contributed by atoms with Crippen LogP contribution in [0.3, 0.4) is 0 Å². The molecule has 1 fully saturated rings. The SMILES string of the molecule is CC(C)CSCc1noc(C2CCCC2C(=O)O)n1. The lowest BCUT2D eigenvalue weighted by Crippen LogP contribution is -2.17. The van der Waals surface area contributed by atoms with E-state index in [1.165, 1.54) is 0 Å². The molecule has 0 aromatic carbocycles. The first kappa shape index (κ1) is 14.4. The van der Waals surface area contributed by atoms with E-state index in [0.717, 1.165) is 24.3 Å². The second kappa shape index (κ2) is 6.41. The minimum Gasteiger partial charge on any atom is -0.481 e. The summed E-state index contributed by atoms with van der Waals surface area (Å²) in [5.41, 5.74) is 0. The van der Waals surface area contributed by atoms with Crippen LogP contribution in [0.25, 0.3) is 0 Å². The molecule has 1 saturated carbocycles. The highest BCUT2D eigenvalue weighted by Crippen LogP contribution is 2.39. The van der Waals surface area contributed by atoms with E-state index in [2.05, 4.69) is 24.0 Å². The number of aromatic nitrogens is 2. The Hall–Kier alpha value is -1.04. The molecule has 1 aromatic rings. The van der Waals surface area contributed by atoms with E-state index >= 15 is 0 Å². The molecule has 1 heterocycles. The minimum absolute atomic E-state index is 0.103. The van der Waals surface area contributed by atoms with Crippen molar-refractivity contribution in [2.75, 3.05) is 5.75 Å². The molecule has 1 aromatic heterocycles. The quantitative estimate of drug-likeness (QED) is 0.865. The molecule has 0 saturated heterocycles. The molecular formula is C13H20N2O3S. The molecule has 2 atom stereocenters. The lowest BCUT2D eigenvalue weighted by atomic mass is 9.96. The number of rotatable bonds is 6. The Labute approximate surface area is 117 Å². The summed E-state index contributed by atoms with van der Waals surface area (Å²) in [4.78, 5) is 15.5. The summed E-state index contributed by atoms with van der Waals surface area (Å²) in [6, 6.07) is 0. The van der Waals surface area contributed by atoms with Gasteiger partial charge in [0.05, 0.1) is 17.6 Å². The van der Waals surface area contributed by atoms with Gasteiger partial charge in [0, 0.05) is 0 Å². The molecule has 6 heteroatoms. The number of nitrogens with zero attached hydrogens (tertiary/aromatic N) is 2. The van der Waals surface area contributed by atoms with E-state index < -0.39 is 5.97 Å². The van der Waals surface area contributed by atoms with Crippen molar-refractivity contribution >= 4 is 17.7 Å². The van der Waals surface area contributed by atoms with Crippen LogP contribution in [0, 0.1) is 11.8 Å². The van der Waals surface area contributed by atoms with Gasteiger partial charge in [-0.05, 0) is 24.5 Å². The average molecular weight is 284 g/mol. The van der Waals surface area contributed by atoms with Crippen molar-refractivity contribution in [2.45, 2.75) is 44.8 Å². The van der Waals surface area contributed by atoms with Crippen molar-refractivity contribution in [1.82, 2.24) is 10.1 Å². The third kappa shape index (κ3) is 3.72. The Morgan fingerprint density at radius 2 is 2.32 bits per heavy atom. The Morgan fingerprint density at radius 3 is 3.00 bits per heavy atom. The predicted molar refractivity (Wildman–Crippen MR) is 73.0 cm³/mol. The third-order valence-corrected chi connectivity index (χ3v) is 4.68. The van der Waals surface area contributed by atoms with Gasteiger partial charge in [0.15, 0.2) is 5.82 Å². The van der Waals surface area contributed by atoms with Gasteiger partial charge >= 0.3 is 5.97 Å². The van der Waals surface area contributed by atoms with Gasteiger partial charge in [0.1, 0.15) is 0 Å². The number of carboxylic acids is 1. The summed E-state index contributed by atoms with van der Waals surface area (Å²) < 4.78 is 5.25. The molecular weight excluding hydrogens is 264 g/mol. The molecule has 0 aliphatic heterocycles. The van der Waals surface area contributed by atoms with Gasteiger partial charge in [-0.25, -0.2) is 0 Å². The first-order valence-electron chi connectivity index (χ1n) is 6.71. The largest absolute Gasteiger partial charge is 0.481 e. The highest BCUT2D eigenvalue weighted by molar-refractivity contribution is 7.98. The smallest absolute Gasteiger partial charge is 0.307 e. The maximum Gasteiger partial charge on any atom is 0.307 e. The number of carboxylic acid groups (broad SMARTS) is 1. The molecule has 106 valence electrons. The minimum atomic E-state index is -0.753. The van der Waals surface area contributed by atoms with Crippen molar-refractivity contribution in [2.24, 2.45) is 11.8 Å². The Kier molecular flexibility index (Phi) is 4.85. The van der Waals surface area contributed by atoms with Gasteiger partial charge in [-0.15, -0.1) is 0 Å². The molecule has 1 N–H and O–H groups in total.